The summed E-state index contributed by atoms with van der Waals surface area (Å²) in [5.41, 5.74) is 3.48. The van der Waals surface area contributed by atoms with E-state index in [-0.39, 0.29) is 18.3 Å². The van der Waals surface area contributed by atoms with Gasteiger partial charge in [0.2, 0.25) is 5.91 Å². The molecule has 0 atom stereocenters. The van der Waals surface area contributed by atoms with Crippen molar-refractivity contribution in [3.8, 4) is 5.69 Å². The zero-order valence-electron chi connectivity index (χ0n) is 15.4. The minimum absolute atomic E-state index is 0. The molecular weight excluding hydrogens is 350 g/mol. The van der Waals surface area contributed by atoms with Crippen LogP contribution in [0.2, 0.25) is 0 Å². The van der Waals surface area contributed by atoms with Crippen LogP contribution in [0, 0.1) is 0 Å². The summed E-state index contributed by atoms with van der Waals surface area (Å²) in [5, 5.41) is 4.79. The van der Waals surface area contributed by atoms with E-state index in [0.29, 0.717) is 12.5 Å². The minimum Gasteiger partial charge on any atom is -0.300 e. The molecule has 2 aromatic heterocycles. The minimum atomic E-state index is 0. The lowest BCUT2D eigenvalue weighted by Crippen LogP contribution is -2.33. The van der Waals surface area contributed by atoms with E-state index < -0.39 is 0 Å². The molecule has 0 saturated carbocycles. The molecule has 0 aliphatic carbocycles. The number of pyridine rings is 1. The van der Waals surface area contributed by atoms with Gasteiger partial charge in [0, 0.05) is 44.7 Å². The first kappa shape index (κ1) is 18.9. The van der Waals surface area contributed by atoms with Gasteiger partial charge in [-0.3, -0.25) is 9.69 Å². The topological polar surface area (TPSA) is 54.3 Å². The molecule has 0 N–H and O–H groups in total. The fourth-order valence-corrected chi connectivity index (χ4v) is 3.70. The van der Waals surface area contributed by atoms with Gasteiger partial charge in [-0.15, -0.1) is 12.4 Å². The van der Waals surface area contributed by atoms with Gasteiger partial charge in [-0.1, -0.05) is 0 Å². The van der Waals surface area contributed by atoms with Crippen LogP contribution in [0.3, 0.4) is 0 Å². The number of aromatic nitrogens is 3. The Kier molecular flexibility index (Phi) is 5.63. The van der Waals surface area contributed by atoms with Gasteiger partial charge in [0.05, 0.1) is 17.6 Å². The van der Waals surface area contributed by atoms with Crippen molar-refractivity contribution in [1.29, 1.82) is 0 Å². The van der Waals surface area contributed by atoms with Crippen molar-refractivity contribution in [2.75, 3.05) is 24.5 Å². The molecule has 1 fully saturated rings. The molecule has 4 heterocycles. The molecule has 0 radical (unpaired) electrons. The fraction of sp³-hybridized carbons (Fsp3) is 0.526. The van der Waals surface area contributed by atoms with E-state index in [1.807, 2.05) is 23.0 Å². The van der Waals surface area contributed by atoms with Crippen LogP contribution < -0.4 is 4.90 Å². The van der Waals surface area contributed by atoms with Crippen LogP contribution in [-0.4, -0.2) is 51.2 Å². The van der Waals surface area contributed by atoms with Gasteiger partial charge in [0.15, 0.2) is 0 Å². The number of carbonyl (C=O) groups excluding carboxylic acids is 1. The summed E-state index contributed by atoms with van der Waals surface area (Å²) in [6.07, 6.45) is 7.53. The van der Waals surface area contributed by atoms with E-state index in [2.05, 4.69) is 29.9 Å². The quantitative estimate of drug-likeness (QED) is 0.827. The Balaban J connectivity index is 0.00000196. The summed E-state index contributed by atoms with van der Waals surface area (Å²) in [4.78, 5) is 20.6. The number of halogens is 1. The van der Waals surface area contributed by atoms with Crippen LogP contribution in [0.5, 0.6) is 0 Å². The maximum Gasteiger partial charge on any atom is 0.228 e. The second-order valence-corrected chi connectivity index (χ2v) is 7.20. The number of nitrogens with zero attached hydrogens (tertiary/aromatic N) is 5. The van der Waals surface area contributed by atoms with Crippen molar-refractivity contribution in [2.24, 2.45) is 0 Å². The number of amides is 1. The molecule has 6 nitrogen and oxygen atoms in total. The van der Waals surface area contributed by atoms with Crippen molar-refractivity contribution >= 4 is 24.1 Å². The van der Waals surface area contributed by atoms with Gasteiger partial charge in [0.25, 0.3) is 0 Å². The van der Waals surface area contributed by atoms with Crippen LogP contribution in [0.15, 0.2) is 24.5 Å². The second-order valence-electron chi connectivity index (χ2n) is 7.20. The smallest absolute Gasteiger partial charge is 0.228 e. The summed E-state index contributed by atoms with van der Waals surface area (Å²) in [5.74, 6) is 0.910. The molecule has 0 aromatic carbocycles. The average Bonchev–Trinajstić information content (AvgIpc) is 3.16. The molecule has 140 valence electrons. The van der Waals surface area contributed by atoms with Gasteiger partial charge in [-0.05, 0) is 44.4 Å². The van der Waals surface area contributed by atoms with Gasteiger partial charge >= 0.3 is 0 Å². The van der Waals surface area contributed by atoms with Crippen molar-refractivity contribution in [3.05, 3.63) is 35.8 Å². The van der Waals surface area contributed by atoms with E-state index in [0.717, 1.165) is 50.4 Å². The highest BCUT2D eigenvalue weighted by atomic mass is 35.5. The summed E-state index contributed by atoms with van der Waals surface area (Å²) in [6.45, 7) is 7.43. The van der Waals surface area contributed by atoms with E-state index in [9.17, 15) is 4.79 Å². The Labute approximate surface area is 160 Å². The Hall–Kier alpha value is -1.92. The third kappa shape index (κ3) is 3.62. The Bertz CT molecular complexity index is 745. The van der Waals surface area contributed by atoms with Gasteiger partial charge in [-0.25, -0.2) is 9.67 Å². The lowest BCUT2D eigenvalue weighted by atomic mass is 10.2. The number of fused-ring (bicyclic) bond motifs is 1. The first-order chi connectivity index (χ1) is 12.1. The van der Waals surface area contributed by atoms with Gasteiger partial charge in [-0.2, -0.15) is 5.10 Å². The second kappa shape index (κ2) is 7.76. The third-order valence-electron chi connectivity index (χ3n) is 5.26. The van der Waals surface area contributed by atoms with E-state index >= 15 is 0 Å². The fourth-order valence-electron chi connectivity index (χ4n) is 3.70. The van der Waals surface area contributed by atoms with Crippen LogP contribution in [-0.2, 0) is 17.6 Å². The normalized spacial score (nSPS) is 18.0. The number of hydrogen-bond acceptors (Lipinski definition) is 4. The van der Waals surface area contributed by atoms with Gasteiger partial charge in [0.1, 0.15) is 5.82 Å². The molecule has 0 bridgehead atoms. The average molecular weight is 376 g/mol. The molecule has 26 heavy (non-hydrogen) atoms. The predicted octanol–water partition coefficient (Wildman–Crippen LogP) is 2.62. The molecule has 1 saturated heterocycles. The van der Waals surface area contributed by atoms with Crippen molar-refractivity contribution in [1.82, 2.24) is 19.7 Å². The van der Waals surface area contributed by atoms with Crippen LogP contribution in [0.4, 0.5) is 5.82 Å². The molecule has 4 rings (SSSR count). The van der Waals surface area contributed by atoms with Crippen LogP contribution in [0.25, 0.3) is 5.69 Å². The standard InChI is InChI=1S/C19H25N5O.ClH/c1-14(2)22-10-7-15-13-24(21-17(15)8-11-22)16-5-6-18(20-12-16)23-9-3-4-19(23)25;/h5-6,12-14H,3-4,7-11H2,1-2H3;1H. The Morgan fingerprint density at radius 1 is 1.08 bits per heavy atom. The maximum absolute atomic E-state index is 11.8. The van der Waals surface area contributed by atoms with Crippen molar-refractivity contribution in [2.45, 2.75) is 45.6 Å². The predicted molar refractivity (Wildman–Crippen MR) is 104 cm³/mol. The molecule has 2 aliphatic heterocycles. The lowest BCUT2D eigenvalue weighted by Gasteiger charge is -2.23. The molecule has 2 aromatic rings. The molecule has 1 amide bonds. The zero-order valence-corrected chi connectivity index (χ0v) is 16.2. The van der Waals surface area contributed by atoms with Crippen molar-refractivity contribution in [3.63, 3.8) is 0 Å². The number of anilines is 1. The van der Waals surface area contributed by atoms with E-state index in [1.54, 1.807) is 4.90 Å². The van der Waals surface area contributed by atoms with Crippen LogP contribution in [0.1, 0.15) is 37.9 Å². The summed E-state index contributed by atoms with van der Waals surface area (Å²) < 4.78 is 1.93. The Morgan fingerprint density at radius 2 is 1.88 bits per heavy atom. The lowest BCUT2D eigenvalue weighted by molar-refractivity contribution is -0.117. The molecule has 0 spiro atoms. The first-order valence-electron chi connectivity index (χ1n) is 9.20. The molecular formula is C19H26ClN5O. The highest BCUT2D eigenvalue weighted by Crippen LogP contribution is 2.22. The Morgan fingerprint density at radius 3 is 2.54 bits per heavy atom. The van der Waals surface area contributed by atoms with Gasteiger partial charge < -0.3 is 4.90 Å². The van der Waals surface area contributed by atoms with E-state index in [4.69, 9.17) is 5.10 Å². The SMILES string of the molecule is CC(C)N1CCc2cn(-c3ccc(N4CCCC4=O)nc3)nc2CC1.Cl. The zero-order chi connectivity index (χ0) is 17.4. The molecule has 2 aliphatic rings. The third-order valence-corrected chi connectivity index (χ3v) is 5.26. The maximum atomic E-state index is 11.8. The molecule has 7 heteroatoms. The monoisotopic (exact) mass is 375 g/mol. The summed E-state index contributed by atoms with van der Waals surface area (Å²) in [7, 11) is 0. The van der Waals surface area contributed by atoms with Crippen LogP contribution >= 0.6 is 12.4 Å². The first-order valence-corrected chi connectivity index (χ1v) is 9.20. The van der Waals surface area contributed by atoms with E-state index in [1.165, 1.54) is 11.3 Å². The summed E-state index contributed by atoms with van der Waals surface area (Å²) >= 11 is 0. The number of carbonyl (C=O) groups is 1. The summed E-state index contributed by atoms with van der Waals surface area (Å²) in [6, 6.07) is 4.51. The number of hydrogen-bond donors (Lipinski definition) is 0. The largest absolute Gasteiger partial charge is 0.300 e. The van der Waals surface area contributed by atoms with Crippen molar-refractivity contribution < 1.29 is 4.79 Å². The molecule has 0 unspecified atom stereocenters. The number of rotatable bonds is 3. The highest BCUT2D eigenvalue weighted by molar-refractivity contribution is 5.94. The highest BCUT2D eigenvalue weighted by Gasteiger charge is 2.23.